The van der Waals surface area contributed by atoms with Crippen molar-refractivity contribution in [3.05, 3.63) is 29.8 Å². The smallest absolute Gasteiger partial charge is 0.224 e. The highest BCUT2D eigenvalue weighted by Gasteiger charge is 2.22. The first-order chi connectivity index (χ1) is 11.0. The molecule has 0 aromatic heterocycles. The highest BCUT2D eigenvalue weighted by atomic mass is 16.5. The molecular weight excluding hydrogens is 288 g/mol. The third-order valence-corrected chi connectivity index (χ3v) is 4.49. The third kappa shape index (κ3) is 6.32. The van der Waals surface area contributed by atoms with E-state index in [1.165, 1.54) is 12.8 Å². The van der Waals surface area contributed by atoms with Gasteiger partial charge in [-0.3, -0.25) is 4.79 Å². The molecule has 23 heavy (non-hydrogen) atoms. The summed E-state index contributed by atoms with van der Waals surface area (Å²) in [6, 6.07) is 7.92. The van der Waals surface area contributed by atoms with E-state index in [9.17, 15) is 4.79 Å². The molecule has 1 atom stereocenters. The number of carbonyl (C=O) groups is 1. The van der Waals surface area contributed by atoms with E-state index >= 15 is 0 Å². The maximum Gasteiger partial charge on any atom is 0.224 e. The molecule has 1 aliphatic rings. The molecule has 1 heterocycles. The number of hydrogen-bond acceptors (Lipinski definition) is 3. The van der Waals surface area contributed by atoms with Gasteiger partial charge >= 0.3 is 0 Å². The van der Waals surface area contributed by atoms with Crippen molar-refractivity contribution in [2.45, 2.75) is 52.7 Å². The van der Waals surface area contributed by atoms with Gasteiger partial charge in [0.25, 0.3) is 0 Å². The van der Waals surface area contributed by atoms with Crippen molar-refractivity contribution in [1.29, 1.82) is 0 Å². The van der Waals surface area contributed by atoms with E-state index in [0.717, 1.165) is 24.3 Å². The summed E-state index contributed by atoms with van der Waals surface area (Å²) in [5.41, 5.74) is 1.94. The minimum atomic E-state index is 0.109. The highest BCUT2D eigenvalue weighted by Crippen LogP contribution is 2.24. The van der Waals surface area contributed by atoms with Crippen LogP contribution >= 0.6 is 0 Å². The molecule has 0 radical (unpaired) electrons. The summed E-state index contributed by atoms with van der Waals surface area (Å²) in [5, 5.41) is 6.41. The summed E-state index contributed by atoms with van der Waals surface area (Å²) in [5.74, 6) is 1.20. The van der Waals surface area contributed by atoms with E-state index in [0.29, 0.717) is 24.9 Å². The summed E-state index contributed by atoms with van der Waals surface area (Å²) in [4.78, 5) is 12.3. The molecule has 2 N–H and O–H groups in total. The number of carbonyl (C=O) groups excluding carboxylic acids is 1. The second-order valence-electron chi connectivity index (χ2n) is 6.88. The van der Waals surface area contributed by atoms with Crippen molar-refractivity contribution in [3.8, 4) is 0 Å². The summed E-state index contributed by atoms with van der Waals surface area (Å²) >= 11 is 0. The molecule has 1 unspecified atom stereocenters. The molecule has 0 bridgehead atoms. The van der Waals surface area contributed by atoms with Crippen molar-refractivity contribution < 1.29 is 9.53 Å². The SMILES string of the molecule is CC(C)OCc1cccc(NC(=O)CC(C)C2CCNCC2)c1. The number of rotatable bonds is 7. The van der Waals surface area contributed by atoms with E-state index in [2.05, 4.69) is 17.6 Å². The fraction of sp³-hybridized carbons (Fsp3) is 0.632. The van der Waals surface area contributed by atoms with E-state index < -0.39 is 0 Å². The second kappa shape index (κ2) is 9.04. The van der Waals surface area contributed by atoms with Crippen LogP contribution in [0, 0.1) is 11.8 Å². The molecule has 4 nitrogen and oxygen atoms in total. The van der Waals surface area contributed by atoms with E-state index in [1.807, 2.05) is 38.1 Å². The molecule has 128 valence electrons. The van der Waals surface area contributed by atoms with Crippen LogP contribution in [0.25, 0.3) is 0 Å². The fourth-order valence-electron chi connectivity index (χ4n) is 3.09. The number of ether oxygens (including phenoxy) is 1. The molecule has 1 aromatic carbocycles. The molecule has 1 aliphatic heterocycles. The minimum absolute atomic E-state index is 0.109. The van der Waals surface area contributed by atoms with Crippen LogP contribution < -0.4 is 10.6 Å². The topological polar surface area (TPSA) is 50.4 Å². The van der Waals surface area contributed by atoms with Gasteiger partial charge in [0.15, 0.2) is 0 Å². The van der Waals surface area contributed by atoms with Crippen molar-refractivity contribution in [1.82, 2.24) is 5.32 Å². The van der Waals surface area contributed by atoms with Gasteiger partial charge in [-0.1, -0.05) is 19.1 Å². The zero-order chi connectivity index (χ0) is 16.7. The molecular formula is C19H30N2O2. The van der Waals surface area contributed by atoms with E-state index in [1.54, 1.807) is 0 Å². The lowest BCUT2D eigenvalue weighted by molar-refractivity contribution is -0.117. The Morgan fingerprint density at radius 3 is 2.74 bits per heavy atom. The Hall–Kier alpha value is -1.39. The molecule has 1 fully saturated rings. The van der Waals surface area contributed by atoms with Crippen LogP contribution in [0.4, 0.5) is 5.69 Å². The van der Waals surface area contributed by atoms with Crippen molar-refractivity contribution in [3.63, 3.8) is 0 Å². The van der Waals surface area contributed by atoms with E-state index in [4.69, 9.17) is 4.74 Å². The van der Waals surface area contributed by atoms with Gasteiger partial charge < -0.3 is 15.4 Å². The largest absolute Gasteiger partial charge is 0.374 e. The highest BCUT2D eigenvalue weighted by molar-refractivity contribution is 5.90. The van der Waals surface area contributed by atoms with Crippen LogP contribution in [0.1, 0.15) is 45.6 Å². The molecule has 1 aromatic rings. The summed E-state index contributed by atoms with van der Waals surface area (Å²) < 4.78 is 5.61. The summed E-state index contributed by atoms with van der Waals surface area (Å²) in [6.45, 7) is 8.97. The number of anilines is 1. The third-order valence-electron chi connectivity index (χ3n) is 4.49. The number of amides is 1. The lowest BCUT2D eigenvalue weighted by atomic mass is 9.84. The molecule has 0 spiro atoms. The zero-order valence-corrected chi connectivity index (χ0v) is 14.6. The lowest BCUT2D eigenvalue weighted by Gasteiger charge is -2.27. The lowest BCUT2D eigenvalue weighted by Crippen LogP contribution is -2.32. The molecule has 1 saturated heterocycles. The Balaban J connectivity index is 1.83. The van der Waals surface area contributed by atoms with Gasteiger partial charge in [-0.05, 0) is 69.3 Å². The van der Waals surface area contributed by atoms with Crippen LogP contribution in [-0.4, -0.2) is 25.1 Å². The number of nitrogens with one attached hydrogen (secondary N) is 2. The van der Waals surface area contributed by atoms with Crippen LogP contribution in [-0.2, 0) is 16.1 Å². The average Bonchev–Trinajstić information content (AvgIpc) is 2.54. The Bertz CT molecular complexity index is 496. The zero-order valence-electron chi connectivity index (χ0n) is 14.6. The maximum atomic E-state index is 12.3. The number of piperidine rings is 1. The minimum Gasteiger partial charge on any atom is -0.374 e. The van der Waals surface area contributed by atoms with Crippen LogP contribution in [0.2, 0.25) is 0 Å². The van der Waals surface area contributed by atoms with Crippen LogP contribution in [0.5, 0.6) is 0 Å². The van der Waals surface area contributed by atoms with Gasteiger partial charge in [0.1, 0.15) is 0 Å². The monoisotopic (exact) mass is 318 g/mol. The Morgan fingerprint density at radius 1 is 1.30 bits per heavy atom. The van der Waals surface area contributed by atoms with Crippen LogP contribution in [0.3, 0.4) is 0 Å². The van der Waals surface area contributed by atoms with Gasteiger partial charge in [-0.25, -0.2) is 0 Å². The van der Waals surface area contributed by atoms with Gasteiger partial charge in [-0.15, -0.1) is 0 Å². The standard InChI is InChI=1S/C19H30N2O2/c1-14(2)23-13-16-5-4-6-18(12-16)21-19(22)11-15(3)17-7-9-20-10-8-17/h4-6,12,14-15,17,20H,7-11,13H2,1-3H3,(H,21,22). The quantitative estimate of drug-likeness (QED) is 0.808. The van der Waals surface area contributed by atoms with Gasteiger partial charge in [0.05, 0.1) is 12.7 Å². The van der Waals surface area contributed by atoms with Crippen molar-refractivity contribution in [2.24, 2.45) is 11.8 Å². The first kappa shape index (κ1) is 18.0. The van der Waals surface area contributed by atoms with Gasteiger partial charge in [-0.2, -0.15) is 0 Å². The average molecular weight is 318 g/mol. The second-order valence-corrected chi connectivity index (χ2v) is 6.88. The fourth-order valence-corrected chi connectivity index (χ4v) is 3.09. The van der Waals surface area contributed by atoms with Crippen molar-refractivity contribution in [2.75, 3.05) is 18.4 Å². The Labute approximate surface area is 140 Å². The molecule has 4 heteroatoms. The van der Waals surface area contributed by atoms with Gasteiger partial charge in [0.2, 0.25) is 5.91 Å². The molecule has 0 saturated carbocycles. The maximum absolute atomic E-state index is 12.3. The Morgan fingerprint density at radius 2 is 2.04 bits per heavy atom. The van der Waals surface area contributed by atoms with Crippen molar-refractivity contribution >= 4 is 11.6 Å². The van der Waals surface area contributed by atoms with Crippen LogP contribution in [0.15, 0.2) is 24.3 Å². The Kier molecular flexibility index (Phi) is 7.06. The predicted octanol–water partition coefficient (Wildman–Crippen LogP) is 3.58. The number of benzene rings is 1. The molecule has 1 amide bonds. The first-order valence-corrected chi connectivity index (χ1v) is 8.75. The van der Waals surface area contributed by atoms with Gasteiger partial charge in [0, 0.05) is 12.1 Å². The molecule has 0 aliphatic carbocycles. The first-order valence-electron chi connectivity index (χ1n) is 8.75. The summed E-state index contributed by atoms with van der Waals surface area (Å²) in [6.07, 6.45) is 3.16. The summed E-state index contributed by atoms with van der Waals surface area (Å²) in [7, 11) is 0. The van der Waals surface area contributed by atoms with E-state index in [-0.39, 0.29) is 12.0 Å². The normalized spacial score (nSPS) is 17.2. The molecule has 2 rings (SSSR count). The number of hydrogen-bond donors (Lipinski definition) is 2. The predicted molar refractivity (Wildman–Crippen MR) is 94.4 cm³/mol.